The third-order valence-electron chi connectivity index (χ3n) is 3.54. The van der Waals surface area contributed by atoms with Gasteiger partial charge in [0.1, 0.15) is 5.56 Å². The van der Waals surface area contributed by atoms with Gasteiger partial charge in [-0.2, -0.15) is 0 Å². The first-order chi connectivity index (χ1) is 9.49. The first-order valence-electron chi connectivity index (χ1n) is 6.49. The summed E-state index contributed by atoms with van der Waals surface area (Å²) in [5, 5.41) is 14.0. The lowest BCUT2D eigenvalue weighted by Crippen LogP contribution is -2.49. The Hall–Kier alpha value is -1.66. The molecule has 0 saturated heterocycles. The highest BCUT2D eigenvalue weighted by molar-refractivity contribution is 6.31. The number of nitrogens with zero attached hydrogens (tertiary/aromatic N) is 1. The fourth-order valence-corrected chi connectivity index (χ4v) is 2.60. The molecule has 0 heterocycles. The molecule has 0 radical (unpaired) electrons. The quantitative estimate of drug-likeness (QED) is 0.660. The van der Waals surface area contributed by atoms with Gasteiger partial charge in [-0.1, -0.05) is 24.4 Å². The second-order valence-electron chi connectivity index (χ2n) is 4.95. The fraction of sp³-hybridized carbons (Fsp3) is 0.462. The highest BCUT2D eigenvalue weighted by Crippen LogP contribution is 2.24. The van der Waals surface area contributed by atoms with Gasteiger partial charge in [-0.3, -0.25) is 14.9 Å². The Kier molecular flexibility index (Phi) is 4.57. The number of rotatable bonds is 3. The topological polar surface area (TPSA) is 98.3 Å². The van der Waals surface area contributed by atoms with E-state index in [4.69, 9.17) is 17.3 Å². The molecular formula is C13H16ClN3O3. The molecule has 7 heteroatoms. The molecule has 0 aliphatic heterocycles. The van der Waals surface area contributed by atoms with E-state index in [0.717, 1.165) is 25.7 Å². The summed E-state index contributed by atoms with van der Waals surface area (Å²) in [5.41, 5.74) is 5.68. The average Bonchev–Trinajstić information content (AvgIpc) is 2.41. The Bertz CT molecular complexity index is 536. The summed E-state index contributed by atoms with van der Waals surface area (Å²) in [5.74, 6) is -0.476. The third kappa shape index (κ3) is 3.26. The lowest BCUT2D eigenvalue weighted by atomic mass is 9.91. The lowest BCUT2D eigenvalue weighted by Gasteiger charge is -2.29. The molecule has 1 aromatic carbocycles. The van der Waals surface area contributed by atoms with Gasteiger partial charge in [-0.05, 0) is 25.0 Å². The molecular weight excluding hydrogens is 282 g/mol. The molecule has 1 aromatic rings. The molecule has 20 heavy (non-hydrogen) atoms. The molecule has 1 saturated carbocycles. The number of nitrogens with one attached hydrogen (secondary N) is 1. The number of halogens is 1. The zero-order valence-electron chi connectivity index (χ0n) is 10.8. The summed E-state index contributed by atoms with van der Waals surface area (Å²) < 4.78 is 0. The van der Waals surface area contributed by atoms with Crippen LogP contribution in [-0.4, -0.2) is 22.9 Å². The molecule has 0 aromatic heterocycles. The number of carbonyl (C=O) groups excluding carboxylic acids is 1. The van der Waals surface area contributed by atoms with Gasteiger partial charge >= 0.3 is 0 Å². The highest BCUT2D eigenvalue weighted by Gasteiger charge is 2.27. The Morgan fingerprint density at radius 2 is 2.10 bits per heavy atom. The fourth-order valence-electron chi connectivity index (χ4n) is 2.43. The van der Waals surface area contributed by atoms with E-state index in [1.807, 2.05) is 0 Å². The van der Waals surface area contributed by atoms with Crippen molar-refractivity contribution < 1.29 is 9.72 Å². The lowest BCUT2D eigenvalue weighted by molar-refractivity contribution is -0.385. The first-order valence-corrected chi connectivity index (χ1v) is 6.87. The van der Waals surface area contributed by atoms with Crippen molar-refractivity contribution in [3.8, 4) is 0 Å². The number of amides is 1. The van der Waals surface area contributed by atoms with Gasteiger partial charge in [0.2, 0.25) is 0 Å². The van der Waals surface area contributed by atoms with Crippen LogP contribution >= 0.6 is 11.6 Å². The minimum atomic E-state index is -0.610. The van der Waals surface area contributed by atoms with Crippen molar-refractivity contribution in [2.24, 2.45) is 5.73 Å². The largest absolute Gasteiger partial charge is 0.348 e. The standard InChI is InChI=1S/C13H16ClN3O3/c14-8-5-6-9(12(7-8)17(19)20)13(18)16-11-4-2-1-3-10(11)15/h5-7,10-11H,1-4,15H2,(H,16,18). The van der Waals surface area contributed by atoms with E-state index in [0.29, 0.717) is 0 Å². The van der Waals surface area contributed by atoms with Crippen LogP contribution in [0.25, 0.3) is 0 Å². The maximum absolute atomic E-state index is 12.2. The smallest absolute Gasteiger partial charge is 0.283 e. The molecule has 1 fully saturated rings. The molecule has 1 amide bonds. The van der Waals surface area contributed by atoms with Crippen molar-refractivity contribution in [1.82, 2.24) is 5.32 Å². The van der Waals surface area contributed by atoms with Gasteiger partial charge in [0.05, 0.1) is 4.92 Å². The second kappa shape index (κ2) is 6.19. The number of carbonyl (C=O) groups is 1. The molecule has 1 aliphatic rings. The van der Waals surface area contributed by atoms with E-state index >= 15 is 0 Å². The third-order valence-corrected chi connectivity index (χ3v) is 3.77. The number of hydrogen-bond acceptors (Lipinski definition) is 4. The van der Waals surface area contributed by atoms with Crippen LogP contribution in [0, 0.1) is 10.1 Å². The number of nitro benzene ring substituents is 1. The molecule has 2 rings (SSSR count). The number of hydrogen-bond donors (Lipinski definition) is 2. The molecule has 2 unspecified atom stereocenters. The maximum Gasteiger partial charge on any atom is 0.283 e. The molecule has 108 valence electrons. The van der Waals surface area contributed by atoms with Crippen LogP contribution in [0.1, 0.15) is 36.0 Å². The SMILES string of the molecule is NC1CCCCC1NC(=O)c1ccc(Cl)cc1[N+](=O)[O-]. The van der Waals surface area contributed by atoms with Crippen LogP contribution < -0.4 is 11.1 Å². The maximum atomic E-state index is 12.2. The molecule has 0 spiro atoms. The van der Waals surface area contributed by atoms with Gasteiger partial charge in [0, 0.05) is 23.2 Å². The van der Waals surface area contributed by atoms with Crippen LogP contribution in [-0.2, 0) is 0 Å². The average molecular weight is 298 g/mol. The molecule has 3 N–H and O–H groups in total. The number of benzene rings is 1. The van der Waals surface area contributed by atoms with Crippen molar-refractivity contribution in [1.29, 1.82) is 0 Å². The second-order valence-corrected chi connectivity index (χ2v) is 5.38. The van der Waals surface area contributed by atoms with Crippen LogP contribution in [0.15, 0.2) is 18.2 Å². The van der Waals surface area contributed by atoms with Crippen molar-refractivity contribution >= 4 is 23.2 Å². The summed E-state index contributed by atoms with van der Waals surface area (Å²) in [7, 11) is 0. The predicted octanol–water partition coefficient (Wildman–Crippen LogP) is 2.25. The van der Waals surface area contributed by atoms with Crippen molar-refractivity contribution in [3.05, 3.63) is 38.9 Å². The van der Waals surface area contributed by atoms with Gasteiger partial charge in [-0.25, -0.2) is 0 Å². The summed E-state index contributed by atoms with van der Waals surface area (Å²) in [6.45, 7) is 0. The van der Waals surface area contributed by atoms with E-state index in [1.54, 1.807) is 0 Å². The highest BCUT2D eigenvalue weighted by atomic mass is 35.5. The summed E-state index contributed by atoms with van der Waals surface area (Å²) >= 11 is 5.72. The Balaban J connectivity index is 2.18. The van der Waals surface area contributed by atoms with Crippen LogP contribution in [0.4, 0.5) is 5.69 Å². The van der Waals surface area contributed by atoms with E-state index in [2.05, 4.69) is 5.32 Å². The van der Waals surface area contributed by atoms with E-state index < -0.39 is 10.8 Å². The van der Waals surface area contributed by atoms with Crippen molar-refractivity contribution in [2.75, 3.05) is 0 Å². The van der Waals surface area contributed by atoms with Crippen molar-refractivity contribution in [2.45, 2.75) is 37.8 Å². The Labute approximate surface area is 121 Å². The molecule has 6 nitrogen and oxygen atoms in total. The van der Waals surface area contributed by atoms with Gasteiger partial charge < -0.3 is 11.1 Å². The minimum absolute atomic E-state index is 0.0113. The molecule has 2 atom stereocenters. The van der Waals surface area contributed by atoms with Crippen LogP contribution in [0.3, 0.4) is 0 Å². The monoisotopic (exact) mass is 297 g/mol. The van der Waals surface area contributed by atoms with Gasteiger partial charge in [0.25, 0.3) is 11.6 Å². The van der Waals surface area contributed by atoms with Crippen LogP contribution in [0.2, 0.25) is 5.02 Å². The Morgan fingerprint density at radius 1 is 1.40 bits per heavy atom. The molecule has 0 bridgehead atoms. The molecule has 1 aliphatic carbocycles. The normalized spacial score (nSPS) is 22.3. The zero-order valence-corrected chi connectivity index (χ0v) is 11.6. The summed E-state index contributed by atoms with van der Waals surface area (Å²) in [6, 6.07) is 3.77. The van der Waals surface area contributed by atoms with E-state index in [1.165, 1.54) is 18.2 Å². The number of nitrogens with two attached hydrogens (primary N) is 1. The van der Waals surface area contributed by atoms with E-state index in [9.17, 15) is 14.9 Å². The summed E-state index contributed by atoms with van der Waals surface area (Å²) in [4.78, 5) is 22.5. The minimum Gasteiger partial charge on any atom is -0.348 e. The predicted molar refractivity (Wildman–Crippen MR) is 75.8 cm³/mol. The number of nitro groups is 1. The zero-order chi connectivity index (χ0) is 14.7. The van der Waals surface area contributed by atoms with Crippen LogP contribution in [0.5, 0.6) is 0 Å². The van der Waals surface area contributed by atoms with E-state index in [-0.39, 0.29) is 28.4 Å². The Morgan fingerprint density at radius 3 is 2.75 bits per heavy atom. The van der Waals surface area contributed by atoms with Gasteiger partial charge in [-0.15, -0.1) is 0 Å². The summed E-state index contributed by atoms with van der Waals surface area (Å²) in [6.07, 6.45) is 3.71. The van der Waals surface area contributed by atoms with Crippen molar-refractivity contribution in [3.63, 3.8) is 0 Å². The first kappa shape index (κ1) is 14.7. The van der Waals surface area contributed by atoms with Gasteiger partial charge in [0.15, 0.2) is 0 Å².